The molecule has 274 valence electrons. The van der Waals surface area contributed by atoms with Crippen molar-refractivity contribution in [3.63, 3.8) is 0 Å². The van der Waals surface area contributed by atoms with Gasteiger partial charge in [-0.15, -0.1) is 0 Å². The Balaban J connectivity index is 0.000000148. The average Bonchev–Trinajstić information content (AvgIpc) is 3.98. The van der Waals surface area contributed by atoms with Crippen molar-refractivity contribution < 1.29 is 14.4 Å². The smallest absolute Gasteiger partial charge is 0.318 e. The fourth-order valence-corrected chi connectivity index (χ4v) is 11.5. The zero-order chi connectivity index (χ0) is 33.3. The van der Waals surface area contributed by atoms with E-state index in [4.69, 9.17) is 0 Å². The third-order valence-electron chi connectivity index (χ3n) is 14.3. The Labute approximate surface area is 294 Å². The normalized spacial score (nSPS) is 36.8. The van der Waals surface area contributed by atoms with Crippen LogP contribution in [0.1, 0.15) is 116 Å². The molecule has 3 aliphatic carbocycles. The van der Waals surface area contributed by atoms with Gasteiger partial charge in [-0.25, -0.2) is 9.59 Å². The lowest BCUT2D eigenvalue weighted by Gasteiger charge is -2.42. The van der Waals surface area contributed by atoms with Crippen molar-refractivity contribution in [2.75, 3.05) is 52.4 Å². The van der Waals surface area contributed by atoms with Crippen molar-refractivity contribution in [1.82, 2.24) is 40.4 Å². The second-order valence-corrected chi connectivity index (χ2v) is 17.0. The molecule has 0 aromatic heterocycles. The van der Waals surface area contributed by atoms with Crippen LogP contribution in [0, 0.1) is 5.92 Å². The number of fused-ring (bicyclic) bond motifs is 2. The third kappa shape index (κ3) is 7.19. The molecule has 3 N–H and O–H groups in total. The highest BCUT2D eigenvalue weighted by atomic mass is 16.2. The van der Waals surface area contributed by atoms with Gasteiger partial charge in [0.1, 0.15) is 0 Å². The second kappa shape index (κ2) is 15.2. The number of piperidine rings is 2. The topological polar surface area (TPSA) is 104 Å². The Morgan fingerprint density at radius 1 is 0.531 bits per heavy atom. The van der Waals surface area contributed by atoms with E-state index in [1.807, 2.05) is 0 Å². The van der Waals surface area contributed by atoms with Crippen LogP contribution in [0.25, 0.3) is 0 Å². The Bertz CT molecular complexity index is 1160. The van der Waals surface area contributed by atoms with Crippen molar-refractivity contribution in [2.24, 2.45) is 5.92 Å². The van der Waals surface area contributed by atoms with Gasteiger partial charge in [0.2, 0.25) is 5.91 Å². The van der Waals surface area contributed by atoms with Crippen LogP contribution in [-0.2, 0) is 4.79 Å². The minimum absolute atomic E-state index is 0.185. The Morgan fingerprint density at radius 3 is 1.55 bits per heavy atom. The summed E-state index contributed by atoms with van der Waals surface area (Å²) in [5.74, 6) is 0.730. The first-order chi connectivity index (χ1) is 24.0. The molecule has 49 heavy (non-hydrogen) atoms. The summed E-state index contributed by atoms with van der Waals surface area (Å²) in [5.41, 5.74) is 0. The first kappa shape index (κ1) is 34.0. The quantitative estimate of drug-likeness (QED) is 0.409. The van der Waals surface area contributed by atoms with E-state index in [1.54, 1.807) is 0 Å². The Kier molecular flexibility index (Phi) is 10.6. The van der Waals surface area contributed by atoms with Gasteiger partial charge in [-0.3, -0.25) is 14.6 Å². The lowest BCUT2D eigenvalue weighted by molar-refractivity contribution is -0.134. The fraction of sp³-hybridized carbons (Fsp3) is 0.921. The zero-order valence-electron chi connectivity index (χ0n) is 30.0. The molecule has 5 amide bonds. The minimum Gasteiger partial charge on any atom is -0.341 e. The van der Waals surface area contributed by atoms with Crippen LogP contribution in [0.5, 0.6) is 0 Å². The van der Waals surface area contributed by atoms with E-state index in [2.05, 4.69) is 40.4 Å². The minimum atomic E-state index is 0.185. The predicted octanol–water partition coefficient (Wildman–Crippen LogP) is 3.73. The molecule has 9 aliphatic rings. The molecule has 6 heterocycles. The van der Waals surface area contributed by atoms with E-state index in [0.717, 1.165) is 103 Å². The summed E-state index contributed by atoms with van der Waals surface area (Å²) in [7, 11) is 0. The lowest BCUT2D eigenvalue weighted by atomic mass is 9.89. The van der Waals surface area contributed by atoms with E-state index in [0.29, 0.717) is 54.1 Å². The molecule has 0 aromatic rings. The fourth-order valence-electron chi connectivity index (χ4n) is 11.5. The van der Waals surface area contributed by atoms with Gasteiger partial charge in [0.05, 0.1) is 24.2 Å². The van der Waals surface area contributed by atoms with Gasteiger partial charge in [-0.05, 0) is 83.6 Å². The van der Waals surface area contributed by atoms with Crippen molar-refractivity contribution in [1.29, 1.82) is 0 Å². The monoisotopic (exact) mass is 681 g/mol. The van der Waals surface area contributed by atoms with Crippen LogP contribution in [0.4, 0.5) is 9.59 Å². The summed E-state index contributed by atoms with van der Waals surface area (Å²) in [5, 5.41) is 9.94. The Hall–Kier alpha value is -2.11. The van der Waals surface area contributed by atoms with Crippen LogP contribution in [0.15, 0.2) is 0 Å². The van der Waals surface area contributed by atoms with Crippen LogP contribution in [0.3, 0.4) is 0 Å². The molecular formula is C38H64N8O3. The summed E-state index contributed by atoms with van der Waals surface area (Å²) in [6.45, 7) is 8.66. The van der Waals surface area contributed by atoms with Crippen molar-refractivity contribution >= 4 is 18.0 Å². The number of amides is 5. The van der Waals surface area contributed by atoms with Crippen molar-refractivity contribution in [2.45, 2.75) is 164 Å². The van der Waals surface area contributed by atoms with Gasteiger partial charge in [-0.2, -0.15) is 0 Å². The first-order valence-corrected chi connectivity index (χ1v) is 20.7. The average molecular weight is 681 g/mol. The number of carbonyl (C=O) groups is 3. The summed E-state index contributed by atoms with van der Waals surface area (Å²) in [6.07, 6.45) is 21.4. The molecule has 0 aromatic carbocycles. The van der Waals surface area contributed by atoms with Crippen LogP contribution in [-0.4, -0.2) is 143 Å². The molecule has 6 aliphatic heterocycles. The SMILES string of the molecule is O=C(C1CCCC1)N1CCC(N2CCC(N3C(=O)N[C@@H]4CCCC[C@H]43)CC2)C1.O=C1N[C@@H]2CCCC[C@H]2N1C1CCN(C2CCNC2)CC1. The van der Waals surface area contributed by atoms with E-state index in [9.17, 15) is 14.4 Å². The largest absolute Gasteiger partial charge is 0.341 e. The Morgan fingerprint density at radius 2 is 1.02 bits per heavy atom. The maximum absolute atomic E-state index is 12.7. The number of likely N-dealkylation sites (tertiary alicyclic amines) is 3. The van der Waals surface area contributed by atoms with Gasteiger partial charge in [-0.1, -0.05) is 38.5 Å². The molecule has 9 fully saturated rings. The summed E-state index contributed by atoms with van der Waals surface area (Å²) in [6, 6.07) is 4.29. The lowest BCUT2D eigenvalue weighted by Crippen LogP contribution is -2.52. The molecule has 0 bridgehead atoms. The van der Waals surface area contributed by atoms with Gasteiger partial charge in [0, 0.05) is 75.9 Å². The summed E-state index contributed by atoms with van der Waals surface area (Å²) >= 11 is 0. The van der Waals surface area contributed by atoms with E-state index in [-0.39, 0.29) is 12.1 Å². The maximum Gasteiger partial charge on any atom is 0.318 e. The standard InChI is InChI=1S/C22H36N4O2.C16H28N4O/c27-21(16-5-1-2-6-16)25-14-11-18(15-25)24-12-9-17(10-13-24)26-20-8-4-3-7-19(20)23-22(26)28;21-16-18-14-3-1-2-4-15(14)20(16)12-6-9-19(10-7-12)13-5-8-17-11-13/h16-20H,1-15H2,(H,23,28);12-15,17H,1-11H2,(H,18,21)/t18?,19-,20-;13?,14-,15-/m11/s1. The number of nitrogens with zero attached hydrogens (tertiary/aromatic N) is 5. The molecule has 6 atom stereocenters. The van der Waals surface area contributed by atoms with E-state index in [1.165, 1.54) is 70.8 Å². The van der Waals surface area contributed by atoms with E-state index < -0.39 is 0 Å². The first-order valence-electron chi connectivity index (χ1n) is 20.7. The van der Waals surface area contributed by atoms with Gasteiger partial charge in [0.15, 0.2) is 0 Å². The van der Waals surface area contributed by atoms with Gasteiger partial charge in [0.25, 0.3) is 0 Å². The molecule has 9 rings (SSSR count). The molecule has 0 radical (unpaired) electrons. The van der Waals surface area contributed by atoms with Crippen LogP contribution >= 0.6 is 0 Å². The predicted molar refractivity (Wildman–Crippen MR) is 190 cm³/mol. The zero-order valence-corrected chi connectivity index (χ0v) is 30.0. The van der Waals surface area contributed by atoms with Crippen LogP contribution < -0.4 is 16.0 Å². The second-order valence-electron chi connectivity index (χ2n) is 17.0. The van der Waals surface area contributed by atoms with Crippen molar-refractivity contribution in [3.05, 3.63) is 0 Å². The maximum atomic E-state index is 12.7. The number of hydrogen-bond donors (Lipinski definition) is 3. The molecule has 0 spiro atoms. The highest BCUT2D eigenvalue weighted by molar-refractivity contribution is 5.80. The molecule has 11 nitrogen and oxygen atoms in total. The van der Waals surface area contributed by atoms with Crippen LogP contribution in [0.2, 0.25) is 0 Å². The summed E-state index contributed by atoms with van der Waals surface area (Å²) in [4.78, 5) is 49.5. The molecule has 2 unspecified atom stereocenters. The van der Waals surface area contributed by atoms with Gasteiger partial charge >= 0.3 is 12.1 Å². The van der Waals surface area contributed by atoms with Crippen molar-refractivity contribution in [3.8, 4) is 0 Å². The highest BCUT2D eigenvalue weighted by Crippen LogP contribution is 2.35. The number of urea groups is 2. The molecule has 3 saturated carbocycles. The highest BCUT2D eigenvalue weighted by Gasteiger charge is 2.46. The molecule has 6 saturated heterocycles. The number of rotatable bonds is 5. The molecular weight excluding hydrogens is 616 g/mol. The summed E-state index contributed by atoms with van der Waals surface area (Å²) < 4.78 is 0. The third-order valence-corrected chi connectivity index (χ3v) is 14.3. The molecule has 11 heteroatoms. The van der Waals surface area contributed by atoms with E-state index >= 15 is 0 Å². The van der Waals surface area contributed by atoms with Gasteiger partial charge < -0.3 is 30.7 Å². The number of carbonyl (C=O) groups excluding carboxylic acids is 3. The number of nitrogens with one attached hydrogen (secondary N) is 3. The number of hydrogen-bond acceptors (Lipinski definition) is 6.